The molecule has 2 aliphatic rings. The van der Waals surface area contributed by atoms with Crippen LogP contribution in [0.2, 0.25) is 0 Å². The smallest absolute Gasteiger partial charge is 0.265 e. The normalized spacial score (nSPS) is 16.8. The maximum Gasteiger partial charge on any atom is 0.265 e. The van der Waals surface area contributed by atoms with Crippen molar-refractivity contribution in [3.63, 3.8) is 0 Å². The van der Waals surface area contributed by atoms with Crippen molar-refractivity contribution in [1.82, 2.24) is 9.80 Å². The summed E-state index contributed by atoms with van der Waals surface area (Å²) in [7, 11) is 0. The SMILES string of the molecule is CCCCN1C(=O)C(=C/C=C/C=C2\Oc3ccccc3N2CCCSOOO)C(=O)N(CCCC)C1=S. The lowest BCUT2D eigenvalue weighted by molar-refractivity contribution is -0.432. The van der Waals surface area contributed by atoms with Gasteiger partial charge in [0.1, 0.15) is 5.57 Å². The molecular weight excluding hydrogens is 514 g/mol. The lowest BCUT2D eigenvalue weighted by Gasteiger charge is -2.36. The van der Waals surface area contributed by atoms with Crippen molar-refractivity contribution >= 4 is 46.9 Å². The number of anilines is 1. The summed E-state index contributed by atoms with van der Waals surface area (Å²) in [6.45, 7) is 5.72. The highest BCUT2D eigenvalue weighted by atomic mass is 32.2. The fourth-order valence-corrected chi connectivity index (χ4v) is 4.61. The van der Waals surface area contributed by atoms with Crippen LogP contribution in [0.15, 0.2) is 60.0 Å². The average Bonchev–Trinajstić information content (AvgIpc) is 3.25. The van der Waals surface area contributed by atoms with Crippen LogP contribution in [-0.2, 0) is 19.0 Å². The Labute approximate surface area is 227 Å². The molecule has 0 aliphatic carbocycles. The highest BCUT2D eigenvalue weighted by Crippen LogP contribution is 2.38. The van der Waals surface area contributed by atoms with Gasteiger partial charge in [-0.2, -0.15) is 0 Å². The number of allylic oxidation sites excluding steroid dienone is 4. The number of thiocarbonyl (C=S) groups is 1. The third-order valence-electron chi connectivity index (χ3n) is 5.82. The summed E-state index contributed by atoms with van der Waals surface area (Å²) >= 11 is 6.51. The molecule has 0 bridgehead atoms. The summed E-state index contributed by atoms with van der Waals surface area (Å²) in [5.74, 6) is 1.26. The molecule has 1 aromatic carbocycles. The Morgan fingerprint density at radius 3 is 2.22 bits per heavy atom. The largest absolute Gasteiger partial charge is 0.439 e. The molecule has 0 atom stereocenters. The number of fused-ring (bicyclic) bond motifs is 1. The van der Waals surface area contributed by atoms with Crippen LogP contribution < -0.4 is 9.64 Å². The van der Waals surface area contributed by atoms with E-state index in [9.17, 15) is 9.59 Å². The number of hydrogen-bond donors (Lipinski definition) is 1. The molecular formula is C26H33N3O6S2. The van der Waals surface area contributed by atoms with Crippen LogP contribution in [0.4, 0.5) is 5.69 Å². The van der Waals surface area contributed by atoms with E-state index < -0.39 is 0 Å². The van der Waals surface area contributed by atoms with Crippen molar-refractivity contribution in [1.29, 1.82) is 0 Å². The molecule has 0 saturated carbocycles. The molecule has 0 spiro atoms. The maximum absolute atomic E-state index is 13.1. The predicted octanol–water partition coefficient (Wildman–Crippen LogP) is 5.22. The fourth-order valence-electron chi connectivity index (χ4n) is 3.91. The van der Waals surface area contributed by atoms with Gasteiger partial charge in [0.2, 0.25) is 5.88 Å². The van der Waals surface area contributed by atoms with Crippen molar-refractivity contribution in [3.05, 3.63) is 60.0 Å². The van der Waals surface area contributed by atoms with Crippen LogP contribution in [0, 0.1) is 0 Å². The van der Waals surface area contributed by atoms with E-state index in [-0.39, 0.29) is 17.4 Å². The van der Waals surface area contributed by atoms with Gasteiger partial charge in [0, 0.05) is 37.4 Å². The highest BCUT2D eigenvalue weighted by Gasteiger charge is 2.38. The maximum atomic E-state index is 13.1. The van der Waals surface area contributed by atoms with Crippen LogP contribution in [-0.4, -0.2) is 57.4 Å². The molecule has 9 nitrogen and oxygen atoms in total. The number of nitrogens with zero attached hydrogens (tertiary/aromatic N) is 3. The molecule has 1 fully saturated rings. The molecule has 1 N–H and O–H groups in total. The van der Waals surface area contributed by atoms with E-state index in [4.69, 9.17) is 22.2 Å². The van der Waals surface area contributed by atoms with Crippen LogP contribution in [0.5, 0.6) is 5.75 Å². The molecule has 1 aromatic rings. The van der Waals surface area contributed by atoms with Crippen molar-refractivity contribution in [2.24, 2.45) is 0 Å². The average molecular weight is 548 g/mol. The molecule has 11 heteroatoms. The number of amides is 2. The van der Waals surface area contributed by atoms with Gasteiger partial charge in [-0.15, -0.1) is 4.33 Å². The summed E-state index contributed by atoms with van der Waals surface area (Å²) in [5, 5.41) is 12.2. The Balaban J connectivity index is 1.77. The second-order valence-electron chi connectivity index (χ2n) is 8.41. The third-order valence-corrected chi connectivity index (χ3v) is 6.87. The van der Waals surface area contributed by atoms with Crippen molar-refractivity contribution < 1.29 is 29.0 Å². The first-order chi connectivity index (χ1) is 18.0. The molecule has 2 aliphatic heterocycles. The number of unbranched alkanes of at least 4 members (excludes halogenated alkanes) is 2. The van der Waals surface area contributed by atoms with E-state index in [0.717, 1.165) is 55.6 Å². The molecule has 2 amide bonds. The first-order valence-corrected chi connectivity index (χ1v) is 13.8. The van der Waals surface area contributed by atoms with E-state index in [1.54, 1.807) is 24.3 Å². The summed E-state index contributed by atoms with van der Waals surface area (Å²) in [6.07, 6.45) is 11.0. The van der Waals surface area contributed by atoms with Gasteiger partial charge >= 0.3 is 0 Å². The lowest BCUT2D eigenvalue weighted by atomic mass is 10.1. The van der Waals surface area contributed by atoms with Crippen LogP contribution in [0.25, 0.3) is 0 Å². The Bertz CT molecular complexity index is 1030. The molecule has 2 heterocycles. The van der Waals surface area contributed by atoms with Gasteiger partial charge in [0.15, 0.2) is 10.9 Å². The Morgan fingerprint density at radius 1 is 0.946 bits per heavy atom. The number of ether oxygens (including phenoxy) is 1. The first kappa shape index (κ1) is 28.9. The summed E-state index contributed by atoms with van der Waals surface area (Å²) in [4.78, 5) is 31.3. The number of para-hydroxylation sites is 2. The number of hydrogen-bond acceptors (Lipinski definition) is 9. The van der Waals surface area contributed by atoms with Crippen LogP contribution >= 0.6 is 24.3 Å². The molecule has 0 unspecified atom stereocenters. The number of benzene rings is 1. The quantitative estimate of drug-likeness (QED) is 0.0640. The Kier molecular flexibility index (Phi) is 11.6. The minimum absolute atomic E-state index is 0.103. The van der Waals surface area contributed by atoms with Gasteiger partial charge in [-0.1, -0.05) is 56.0 Å². The Hall–Kier alpha value is -2.70. The summed E-state index contributed by atoms with van der Waals surface area (Å²) in [5.41, 5.74) is 1.04. The van der Waals surface area contributed by atoms with Crippen molar-refractivity contribution in [2.75, 3.05) is 30.3 Å². The van der Waals surface area contributed by atoms with E-state index in [2.05, 4.69) is 9.37 Å². The summed E-state index contributed by atoms with van der Waals surface area (Å²) in [6, 6.07) is 7.71. The van der Waals surface area contributed by atoms with Gasteiger partial charge in [-0.3, -0.25) is 19.4 Å². The zero-order valence-electron chi connectivity index (χ0n) is 21.1. The van der Waals surface area contributed by atoms with E-state index in [0.29, 0.717) is 36.4 Å². The second-order valence-corrected chi connectivity index (χ2v) is 9.56. The summed E-state index contributed by atoms with van der Waals surface area (Å²) < 4.78 is 10.4. The van der Waals surface area contributed by atoms with Crippen LogP contribution in [0.3, 0.4) is 0 Å². The lowest BCUT2D eigenvalue weighted by Crippen LogP contribution is -2.56. The number of rotatable bonds is 14. The fraction of sp³-hybridized carbons (Fsp3) is 0.423. The van der Waals surface area contributed by atoms with Gasteiger partial charge in [0.25, 0.3) is 11.8 Å². The number of carbonyl (C=O) groups excluding carboxylic acids is 2. The van der Waals surface area contributed by atoms with Crippen LogP contribution in [0.1, 0.15) is 46.0 Å². The molecule has 0 aromatic heterocycles. The molecule has 1 saturated heterocycles. The molecule has 200 valence electrons. The Morgan fingerprint density at radius 2 is 1.57 bits per heavy atom. The molecule has 3 rings (SSSR count). The minimum Gasteiger partial charge on any atom is -0.439 e. The minimum atomic E-state index is -0.355. The monoisotopic (exact) mass is 547 g/mol. The van der Waals surface area contributed by atoms with Gasteiger partial charge in [0.05, 0.1) is 5.69 Å². The topological polar surface area (TPSA) is 91.8 Å². The van der Waals surface area contributed by atoms with Gasteiger partial charge in [-0.05, 0) is 55.8 Å². The molecule has 0 radical (unpaired) electrons. The number of carbonyl (C=O) groups is 2. The predicted molar refractivity (Wildman–Crippen MR) is 147 cm³/mol. The van der Waals surface area contributed by atoms with E-state index >= 15 is 0 Å². The zero-order chi connectivity index (χ0) is 26.6. The van der Waals surface area contributed by atoms with Gasteiger partial charge in [-0.25, -0.2) is 5.26 Å². The van der Waals surface area contributed by atoms with Crippen molar-refractivity contribution in [3.8, 4) is 5.75 Å². The van der Waals surface area contributed by atoms with E-state index in [1.165, 1.54) is 9.80 Å². The van der Waals surface area contributed by atoms with Crippen molar-refractivity contribution in [2.45, 2.75) is 46.0 Å². The van der Waals surface area contributed by atoms with Gasteiger partial charge < -0.3 is 9.64 Å². The highest BCUT2D eigenvalue weighted by molar-refractivity contribution is 7.94. The zero-order valence-corrected chi connectivity index (χ0v) is 22.8. The van der Waals surface area contributed by atoms with E-state index in [1.807, 2.05) is 43.0 Å². The first-order valence-electron chi connectivity index (χ1n) is 12.4. The second kappa shape index (κ2) is 14.9. The standard InChI is InChI=1S/C26H33N3O6S2/c1-3-5-16-28-24(30)20(25(31)29(26(28)36)17-6-4-2)12-7-10-15-23-27(18-11-19-37-35-34-32)21-13-8-9-14-22(21)33-23/h7-10,12-15,32H,3-6,11,16-19H2,1-2H3/b10-7+,23-15-. The molecule has 37 heavy (non-hydrogen) atoms. The third kappa shape index (κ3) is 7.42.